The fourth-order valence-corrected chi connectivity index (χ4v) is 7.57. The molecule has 0 bridgehead atoms. The van der Waals surface area contributed by atoms with Gasteiger partial charge in [-0.2, -0.15) is 5.26 Å². The molecule has 40 heavy (non-hydrogen) atoms. The van der Waals surface area contributed by atoms with Crippen molar-refractivity contribution in [3.8, 4) is 6.07 Å². The lowest BCUT2D eigenvalue weighted by Crippen LogP contribution is -2.48. The quantitative estimate of drug-likeness (QED) is 0.208. The van der Waals surface area contributed by atoms with E-state index >= 15 is 0 Å². The highest BCUT2D eigenvalue weighted by Crippen LogP contribution is 2.54. The molecule has 0 saturated heterocycles. The van der Waals surface area contributed by atoms with Gasteiger partial charge < -0.3 is 9.80 Å². The van der Waals surface area contributed by atoms with Crippen LogP contribution in [0, 0.1) is 11.3 Å². The molecule has 1 heterocycles. The average Bonchev–Trinajstić information content (AvgIpc) is 3.39. The summed E-state index contributed by atoms with van der Waals surface area (Å²) in [6.45, 7) is 7.73. The van der Waals surface area contributed by atoms with E-state index in [0.717, 1.165) is 50.9 Å². The van der Waals surface area contributed by atoms with Gasteiger partial charge in [0.15, 0.2) is 0 Å². The molecule has 1 aliphatic heterocycles. The second-order valence-corrected chi connectivity index (χ2v) is 11.4. The Balaban J connectivity index is 1.58. The Hall–Kier alpha value is -3.87. The summed E-state index contributed by atoms with van der Waals surface area (Å²) in [5, 5.41) is 10.2. The fourth-order valence-electron chi connectivity index (χ4n) is 7.57. The molecule has 4 aromatic carbocycles. The zero-order chi connectivity index (χ0) is 27.5. The van der Waals surface area contributed by atoms with Crippen molar-refractivity contribution < 1.29 is 0 Å². The fraction of sp³-hybridized carbons (Fsp3) is 0.324. The summed E-state index contributed by atoms with van der Waals surface area (Å²) in [4.78, 5) is 5.36. The van der Waals surface area contributed by atoms with Gasteiger partial charge >= 0.3 is 0 Å². The third-order valence-corrected chi connectivity index (χ3v) is 9.07. The summed E-state index contributed by atoms with van der Waals surface area (Å²) in [6, 6.07) is 40.3. The van der Waals surface area contributed by atoms with Crippen molar-refractivity contribution in [2.45, 2.75) is 57.0 Å². The van der Waals surface area contributed by atoms with Crippen LogP contribution in [0.1, 0.15) is 72.4 Å². The summed E-state index contributed by atoms with van der Waals surface area (Å²) < 4.78 is 0. The summed E-state index contributed by atoms with van der Waals surface area (Å²) in [5.74, 6) is 0.392. The van der Waals surface area contributed by atoms with Crippen molar-refractivity contribution in [3.63, 3.8) is 0 Å². The van der Waals surface area contributed by atoms with E-state index in [-0.39, 0.29) is 0 Å². The van der Waals surface area contributed by atoms with Gasteiger partial charge in [0.05, 0.1) is 11.6 Å². The second-order valence-electron chi connectivity index (χ2n) is 11.4. The first kappa shape index (κ1) is 26.4. The molecule has 6 rings (SSSR count). The molecule has 1 aliphatic carbocycles. The smallest absolute Gasteiger partial charge is 0.116 e. The van der Waals surface area contributed by atoms with E-state index < -0.39 is 5.54 Å². The lowest BCUT2D eigenvalue weighted by Gasteiger charge is -2.45. The second kappa shape index (κ2) is 11.3. The average molecular weight is 526 g/mol. The van der Waals surface area contributed by atoms with E-state index in [9.17, 15) is 5.26 Å². The standard InChI is InChI=1S/C37H39N3/c1-3-22-39(23-4-2)33-24-29-27-40(35-21-20-28(26-38)34(25-33)36(29)35)37(30-14-8-5-9-15-30,31-16-10-6-11-17-31)32-18-12-7-13-19-32/h5-21,29,33H,3-4,22-25,27H2,1-2H3/t29-,33-/m0/s1. The number of rotatable bonds is 9. The molecule has 0 amide bonds. The van der Waals surface area contributed by atoms with Crippen LogP contribution in [-0.4, -0.2) is 30.6 Å². The Morgan fingerprint density at radius 2 is 1.30 bits per heavy atom. The number of hydrogen-bond donors (Lipinski definition) is 0. The first-order chi connectivity index (χ1) is 19.7. The number of nitriles is 1. The molecule has 0 N–H and O–H groups in total. The van der Waals surface area contributed by atoms with Crippen LogP contribution in [0.4, 0.5) is 5.69 Å². The van der Waals surface area contributed by atoms with Crippen LogP contribution in [0.3, 0.4) is 0 Å². The Kier molecular flexibility index (Phi) is 7.46. The third-order valence-electron chi connectivity index (χ3n) is 9.07. The summed E-state index contributed by atoms with van der Waals surface area (Å²) >= 11 is 0. The van der Waals surface area contributed by atoms with Gasteiger partial charge in [0, 0.05) is 24.2 Å². The predicted molar refractivity (Wildman–Crippen MR) is 165 cm³/mol. The van der Waals surface area contributed by atoms with E-state index in [1.165, 1.54) is 33.5 Å². The highest BCUT2D eigenvalue weighted by molar-refractivity contribution is 5.73. The summed E-state index contributed by atoms with van der Waals surface area (Å²) in [5.41, 5.74) is 8.13. The van der Waals surface area contributed by atoms with Crippen molar-refractivity contribution in [2.75, 3.05) is 24.5 Å². The Bertz CT molecular complexity index is 1370. The zero-order valence-electron chi connectivity index (χ0n) is 23.8. The third kappa shape index (κ3) is 4.32. The molecule has 3 nitrogen and oxygen atoms in total. The molecule has 0 radical (unpaired) electrons. The SMILES string of the molecule is CCCN(CCC)[C@@H]1Cc2c(C#N)ccc3c2[C@@H](C1)CN3C(c1ccccc1)(c1ccccc1)c1ccccc1. The van der Waals surface area contributed by atoms with Crippen molar-refractivity contribution >= 4 is 5.69 Å². The van der Waals surface area contributed by atoms with Crippen molar-refractivity contribution in [2.24, 2.45) is 0 Å². The van der Waals surface area contributed by atoms with Crippen LogP contribution in [0.5, 0.6) is 0 Å². The number of anilines is 1. The Morgan fingerprint density at radius 3 is 1.77 bits per heavy atom. The highest BCUT2D eigenvalue weighted by Gasteiger charge is 2.49. The molecule has 202 valence electrons. The van der Waals surface area contributed by atoms with Crippen LogP contribution >= 0.6 is 0 Å². The van der Waals surface area contributed by atoms with Crippen molar-refractivity contribution in [1.29, 1.82) is 5.26 Å². The first-order valence-electron chi connectivity index (χ1n) is 15.0. The normalized spacial score (nSPS) is 18.0. The van der Waals surface area contributed by atoms with Crippen molar-refractivity contribution in [3.05, 3.63) is 137 Å². The summed E-state index contributed by atoms with van der Waals surface area (Å²) in [6.07, 6.45) is 4.42. The van der Waals surface area contributed by atoms with Gasteiger partial charge in [0.25, 0.3) is 0 Å². The molecule has 0 saturated carbocycles. The van der Waals surface area contributed by atoms with E-state index in [1.807, 2.05) is 0 Å². The lowest BCUT2D eigenvalue weighted by atomic mass is 9.75. The van der Waals surface area contributed by atoms with Crippen LogP contribution in [-0.2, 0) is 12.0 Å². The molecule has 0 fully saturated rings. The Labute approximate surface area is 239 Å². The summed E-state index contributed by atoms with van der Waals surface area (Å²) in [7, 11) is 0. The monoisotopic (exact) mass is 525 g/mol. The predicted octanol–water partition coefficient (Wildman–Crippen LogP) is 7.89. The van der Waals surface area contributed by atoms with Crippen LogP contribution in [0.2, 0.25) is 0 Å². The van der Waals surface area contributed by atoms with E-state index in [1.54, 1.807) is 0 Å². The minimum absolute atomic E-state index is 0.392. The minimum atomic E-state index is -0.495. The van der Waals surface area contributed by atoms with Gasteiger partial charge in [-0.3, -0.25) is 0 Å². The van der Waals surface area contributed by atoms with Crippen LogP contribution in [0.25, 0.3) is 0 Å². The van der Waals surface area contributed by atoms with Gasteiger partial charge in [0.2, 0.25) is 0 Å². The molecule has 2 atom stereocenters. The highest BCUT2D eigenvalue weighted by atomic mass is 15.2. The number of hydrogen-bond acceptors (Lipinski definition) is 3. The molecular formula is C37H39N3. The van der Waals surface area contributed by atoms with Crippen LogP contribution in [0.15, 0.2) is 103 Å². The lowest BCUT2D eigenvalue weighted by molar-refractivity contribution is 0.171. The van der Waals surface area contributed by atoms with E-state index in [2.05, 4.69) is 133 Å². The molecule has 2 aliphatic rings. The van der Waals surface area contributed by atoms with Gasteiger partial charge in [0.1, 0.15) is 5.54 Å². The maximum absolute atomic E-state index is 10.2. The van der Waals surface area contributed by atoms with Gasteiger partial charge in [-0.25, -0.2) is 0 Å². The van der Waals surface area contributed by atoms with Gasteiger partial charge in [-0.15, -0.1) is 0 Å². The maximum Gasteiger partial charge on any atom is 0.116 e. The molecule has 4 aromatic rings. The van der Waals surface area contributed by atoms with Crippen molar-refractivity contribution in [1.82, 2.24) is 4.90 Å². The zero-order valence-corrected chi connectivity index (χ0v) is 23.8. The molecular weight excluding hydrogens is 486 g/mol. The molecule has 0 unspecified atom stereocenters. The largest absolute Gasteiger partial charge is 0.353 e. The number of benzene rings is 4. The van der Waals surface area contributed by atoms with E-state index in [0.29, 0.717) is 12.0 Å². The maximum atomic E-state index is 10.2. The van der Waals surface area contributed by atoms with Crippen LogP contribution < -0.4 is 4.90 Å². The first-order valence-corrected chi connectivity index (χ1v) is 15.0. The topological polar surface area (TPSA) is 30.3 Å². The minimum Gasteiger partial charge on any atom is -0.353 e. The number of nitrogens with zero attached hydrogens (tertiary/aromatic N) is 3. The molecule has 0 spiro atoms. The molecule has 3 heteroatoms. The molecule has 0 aromatic heterocycles. The van der Waals surface area contributed by atoms with Gasteiger partial charge in [-0.1, -0.05) is 105 Å². The van der Waals surface area contributed by atoms with E-state index in [4.69, 9.17) is 0 Å². The Morgan fingerprint density at radius 1 is 0.775 bits per heavy atom. The van der Waals surface area contributed by atoms with Gasteiger partial charge in [-0.05, 0) is 78.7 Å².